The van der Waals surface area contributed by atoms with Gasteiger partial charge in [0.2, 0.25) is 0 Å². The second-order valence-electron chi connectivity index (χ2n) is 2.81. The molecule has 15 heavy (non-hydrogen) atoms. The summed E-state index contributed by atoms with van der Waals surface area (Å²) < 4.78 is 4.83. The number of Topliss-reactive ketones (excluding diaryl/α,β-unsaturated/α-hetero) is 1. The average molecular weight is 206 g/mol. The summed E-state index contributed by atoms with van der Waals surface area (Å²) in [6.07, 6.45) is 0. The number of phenolic OH excluding ortho intramolecular Hbond substituents is 1. The van der Waals surface area contributed by atoms with Crippen LogP contribution in [-0.4, -0.2) is 24.5 Å². The Hall–Kier alpha value is -2.06. The number of carbonyl (C=O) groups is 1. The predicted octanol–water partition coefficient (Wildman–Crippen LogP) is 0.414. The standard InChI is InChI=1S/C10H10N2O3/c1-15-9-3-6(4-11)2-7(10(9)14)8(13)5-12/h2-3,14H,5,12H2,1H3. The zero-order valence-electron chi connectivity index (χ0n) is 8.15. The van der Waals surface area contributed by atoms with E-state index < -0.39 is 5.78 Å². The largest absolute Gasteiger partial charge is 0.504 e. The monoisotopic (exact) mass is 206 g/mol. The highest BCUT2D eigenvalue weighted by Gasteiger charge is 2.15. The van der Waals surface area contributed by atoms with Gasteiger partial charge in [0.1, 0.15) is 0 Å². The first-order valence-electron chi connectivity index (χ1n) is 4.18. The number of ketones is 1. The van der Waals surface area contributed by atoms with Crippen molar-refractivity contribution in [2.75, 3.05) is 13.7 Å². The summed E-state index contributed by atoms with van der Waals surface area (Å²) in [5.41, 5.74) is 5.42. The molecular weight excluding hydrogens is 196 g/mol. The summed E-state index contributed by atoms with van der Waals surface area (Å²) in [5, 5.41) is 18.3. The van der Waals surface area contributed by atoms with Crippen LogP contribution in [0.15, 0.2) is 12.1 Å². The van der Waals surface area contributed by atoms with Crippen LogP contribution in [-0.2, 0) is 0 Å². The maximum Gasteiger partial charge on any atom is 0.180 e. The number of carbonyl (C=O) groups excluding carboxylic acids is 1. The Balaban J connectivity index is 3.38. The molecule has 0 aromatic heterocycles. The second-order valence-corrected chi connectivity index (χ2v) is 2.81. The highest BCUT2D eigenvalue weighted by atomic mass is 16.5. The molecule has 0 spiro atoms. The van der Waals surface area contributed by atoms with Crippen LogP contribution in [0.3, 0.4) is 0 Å². The van der Waals surface area contributed by atoms with E-state index in [4.69, 9.17) is 15.7 Å². The van der Waals surface area contributed by atoms with Crippen molar-refractivity contribution in [1.82, 2.24) is 0 Å². The van der Waals surface area contributed by atoms with Gasteiger partial charge in [0.25, 0.3) is 0 Å². The number of nitriles is 1. The van der Waals surface area contributed by atoms with Crippen molar-refractivity contribution in [3.8, 4) is 17.6 Å². The highest BCUT2D eigenvalue weighted by Crippen LogP contribution is 2.31. The fraction of sp³-hybridized carbons (Fsp3) is 0.200. The minimum atomic E-state index is -0.442. The molecule has 1 rings (SSSR count). The lowest BCUT2D eigenvalue weighted by atomic mass is 10.1. The zero-order chi connectivity index (χ0) is 11.4. The lowest BCUT2D eigenvalue weighted by Gasteiger charge is -2.07. The molecule has 1 aromatic rings. The molecule has 5 nitrogen and oxygen atoms in total. The maximum absolute atomic E-state index is 11.3. The minimum Gasteiger partial charge on any atom is -0.504 e. The van der Waals surface area contributed by atoms with Crippen molar-refractivity contribution in [2.45, 2.75) is 0 Å². The van der Waals surface area contributed by atoms with Crippen molar-refractivity contribution in [3.05, 3.63) is 23.3 Å². The molecule has 0 unspecified atom stereocenters. The van der Waals surface area contributed by atoms with Gasteiger partial charge in [-0.25, -0.2) is 0 Å². The summed E-state index contributed by atoms with van der Waals surface area (Å²) in [4.78, 5) is 11.3. The number of rotatable bonds is 3. The quantitative estimate of drug-likeness (QED) is 0.698. The van der Waals surface area contributed by atoms with E-state index >= 15 is 0 Å². The first kappa shape index (κ1) is 11.0. The van der Waals surface area contributed by atoms with Gasteiger partial charge in [0.15, 0.2) is 17.3 Å². The number of aromatic hydroxyl groups is 1. The van der Waals surface area contributed by atoms with Crippen molar-refractivity contribution < 1.29 is 14.6 Å². The summed E-state index contributed by atoms with van der Waals surface area (Å²) in [6, 6.07) is 4.50. The number of methoxy groups -OCH3 is 1. The highest BCUT2D eigenvalue weighted by molar-refractivity contribution is 6.01. The van der Waals surface area contributed by atoms with Crippen LogP contribution in [0, 0.1) is 11.3 Å². The molecule has 0 saturated heterocycles. The van der Waals surface area contributed by atoms with E-state index in [1.165, 1.54) is 19.2 Å². The molecule has 78 valence electrons. The van der Waals surface area contributed by atoms with Gasteiger partial charge in [-0.2, -0.15) is 5.26 Å². The minimum absolute atomic E-state index is 0.00778. The molecule has 0 saturated carbocycles. The van der Waals surface area contributed by atoms with Crippen molar-refractivity contribution in [3.63, 3.8) is 0 Å². The SMILES string of the molecule is COc1cc(C#N)cc(C(=O)CN)c1O. The summed E-state index contributed by atoms with van der Waals surface area (Å²) in [7, 11) is 1.34. The fourth-order valence-corrected chi connectivity index (χ4v) is 1.15. The molecule has 0 amide bonds. The molecule has 0 bridgehead atoms. The topological polar surface area (TPSA) is 96.3 Å². The van der Waals surface area contributed by atoms with Crippen LogP contribution in [0.4, 0.5) is 0 Å². The zero-order valence-corrected chi connectivity index (χ0v) is 8.15. The van der Waals surface area contributed by atoms with Gasteiger partial charge >= 0.3 is 0 Å². The summed E-state index contributed by atoms with van der Waals surface area (Å²) in [5.74, 6) is -0.638. The van der Waals surface area contributed by atoms with E-state index in [9.17, 15) is 9.90 Å². The number of hydrogen-bond donors (Lipinski definition) is 2. The Labute approximate surface area is 86.7 Å². The van der Waals surface area contributed by atoms with Crippen LogP contribution < -0.4 is 10.5 Å². The average Bonchev–Trinajstić information content (AvgIpc) is 2.28. The van der Waals surface area contributed by atoms with E-state index in [2.05, 4.69) is 0 Å². The lowest BCUT2D eigenvalue weighted by molar-refractivity contribution is 0.0998. The van der Waals surface area contributed by atoms with E-state index in [1.807, 2.05) is 6.07 Å². The van der Waals surface area contributed by atoms with Crippen LogP contribution in [0.25, 0.3) is 0 Å². The summed E-state index contributed by atoms with van der Waals surface area (Å²) >= 11 is 0. The third kappa shape index (κ3) is 2.06. The second kappa shape index (κ2) is 4.44. The fourth-order valence-electron chi connectivity index (χ4n) is 1.15. The Kier molecular flexibility index (Phi) is 3.26. The number of phenols is 1. The molecule has 0 aliphatic carbocycles. The van der Waals surface area contributed by atoms with Crippen LogP contribution in [0.2, 0.25) is 0 Å². The Morgan fingerprint density at radius 3 is 2.80 bits per heavy atom. The molecule has 0 fully saturated rings. The molecule has 1 aromatic carbocycles. The van der Waals surface area contributed by atoms with E-state index in [1.54, 1.807) is 0 Å². The van der Waals surface area contributed by atoms with Crippen LogP contribution in [0.5, 0.6) is 11.5 Å². The van der Waals surface area contributed by atoms with Crippen molar-refractivity contribution in [1.29, 1.82) is 5.26 Å². The molecule has 5 heteroatoms. The Morgan fingerprint density at radius 1 is 1.67 bits per heavy atom. The smallest absolute Gasteiger partial charge is 0.180 e. The van der Waals surface area contributed by atoms with Gasteiger partial charge in [-0.15, -0.1) is 0 Å². The molecule has 0 aliphatic heterocycles. The number of hydrogen-bond acceptors (Lipinski definition) is 5. The van der Waals surface area contributed by atoms with Gasteiger partial charge in [-0.3, -0.25) is 4.79 Å². The van der Waals surface area contributed by atoms with Crippen LogP contribution in [0.1, 0.15) is 15.9 Å². The molecule has 0 heterocycles. The van der Waals surface area contributed by atoms with E-state index in [0.717, 1.165) is 0 Å². The number of benzene rings is 1. The van der Waals surface area contributed by atoms with Crippen molar-refractivity contribution >= 4 is 5.78 Å². The molecule has 0 radical (unpaired) electrons. The number of nitrogens with zero attached hydrogens (tertiary/aromatic N) is 1. The molecule has 0 aliphatic rings. The van der Waals surface area contributed by atoms with Crippen molar-refractivity contribution in [2.24, 2.45) is 5.73 Å². The van der Waals surface area contributed by atoms with E-state index in [0.29, 0.717) is 0 Å². The Bertz CT molecular complexity index is 435. The van der Waals surface area contributed by atoms with Gasteiger partial charge in [0.05, 0.1) is 30.9 Å². The molecular formula is C10H10N2O3. The Morgan fingerprint density at radius 2 is 2.33 bits per heavy atom. The first-order valence-corrected chi connectivity index (χ1v) is 4.18. The van der Waals surface area contributed by atoms with Crippen LogP contribution >= 0.6 is 0 Å². The third-order valence-electron chi connectivity index (χ3n) is 1.91. The predicted molar refractivity (Wildman–Crippen MR) is 52.8 cm³/mol. The van der Waals surface area contributed by atoms with Gasteiger partial charge in [-0.1, -0.05) is 0 Å². The van der Waals surface area contributed by atoms with Gasteiger partial charge in [0, 0.05) is 6.07 Å². The summed E-state index contributed by atoms with van der Waals surface area (Å²) in [6.45, 7) is -0.231. The van der Waals surface area contributed by atoms with Gasteiger partial charge in [-0.05, 0) is 6.07 Å². The first-order chi connectivity index (χ1) is 7.13. The number of nitrogens with two attached hydrogens (primary N) is 1. The molecule has 0 atom stereocenters. The normalized spacial score (nSPS) is 9.40. The molecule has 3 N–H and O–H groups in total. The number of ether oxygens (including phenoxy) is 1. The van der Waals surface area contributed by atoms with Gasteiger partial charge < -0.3 is 15.6 Å². The van der Waals surface area contributed by atoms with E-state index in [-0.39, 0.29) is 29.2 Å². The lowest BCUT2D eigenvalue weighted by Crippen LogP contribution is -2.14. The third-order valence-corrected chi connectivity index (χ3v) is 1.91. The maximum atomic E-state index is 11.3.